The number of nitrogens with one attached hydrogen (secondary N) is 2. The molecule has 0 heterocycles. The van der Waals surface area contributed by atoms with Crippen LogP contribution in [0.5, 0.6) is 0 Å². The fourth-order valence-corrected chi connectivity index (χ4v) is 1.94. The third kappa shape index (κ3) is 7.94. The van der Waals surface area contributed by atoms with E-state index in [4.69, 9.17) is 0 Å². The quantitative estimate of drug-likeness (QED) is 0.389. The van der Waals surface area contributed by atoms with Crippen LogP contribution in [-0.4, -0.2) is 52.4 Å². The SMILES string of the molecule is CNC(=O)[C@H](CC(C)C)NC(=O)N(O)C(=O)[C@@H](O)CCC(C)C. The first-order valence-corrected chi connectivity index (χ1v) is 7.83. The average Bonchev–Trinajstić information content (AvgIpc) is 2.48. The second-order valence-corrected chi connectivity index (χ2v) is 6.38. The van der Waals surface area contributed by atoms with E-state index in [0.29, 0.717) is 12.8 Å². The largest absolute Gasteiger partial charge is 0.383 e. The molecule has 4 amide bonds. The van der Waals surface area contributed by atoms with Crippen molar-refractivity contribution >= 4 is 17.8 Å². The van der Waals surface area contributed by atoms with E-state index in [2.05, 4.69) is 10.6 Å². The van der Waals surface area contributed by atoms with Crippen molar-refractivity contribution in [1.82, 2.24) is 15.7 Å². The first kappa shape index (κ1) is 21.3. The molecule has 0 saturated heterocycles. The molecule has 0 saturated carbocycles. The van der Waals surface area contributed by atoms with Gasteiger partial charge in [0.25, 0.3) is 5.91 Å². The Morgan fingerprint density at radius 2 is 1.61 bits per heavy atom. The van der Waals surface area contributed by atoms with Crippen LogP contribution in [0.25, 0.3) is 0 Å². The number of imide groups is 1. The molecular weight excluding hydrogens is 302 g/mol. The van der Waals surface area contributed by atoms with Crippen LogP contribution in [0.4, 0.5) is 4.79 Å². The summed E-state index contributed by atoms with van der Waals surface area (Å²) in [7, 11) is 1.43. The van der Waals surface area contributed by atoms with Crippen LogP contribution in [0, 0.1) is 11.8 Å². The summed E-state index contributed by atoms with van der Waals surface area (Å²) in [5.74, 6) is -1.13. The minimum atomic E-state index is -1.46. The Morgan fingerprint density at radius 1 is 1.04 bits per heavy atom. The second-order valence-electron chi connectivity index (χ2n) is 6.38. The number of aliphatic hydroxyl groups is 1. The summed E-state index contributed by atoms with van der Waals surface area (Å²) < 4.78 is 0. The molecule has 4 N–H and O–H groups in total. The average molecular weight is 331 g/mol. The van der Waals surface area contributed by atoms with Crippen LogP contribution in [-0.2, 0) is 9.59 Å². The number of hydrogen-bond donors (Lipinski definition) is 4. The number of hydroxylamine groups is 2. The number of likely N-dealkylation sites (N-methyl/N-ethyl adjacent to an activating group) is 1. The lowest BCUT2D eigenvalue weighted by Crippen LogP contribution is -2.53. The van der Waals surface area contributed by atoms with Gasteiger partial charge in [0.15, 0.2) is 0 Å². The van der Waals surface area contributed by atoms with Gasteiger partial charge in [-0.3, -0.25) is 14.8 Å². The Hall–Kier alpha value is -1.67. The fourth-order valence-electron chi connectivity index (χ4n) is 1.94. The predicted molar refractivity (Wildman–Crippen MR) is 84.6 cm³/mol. The molecule has 0 unspecified atom stereocenters. The van der Waals surface area contributed by atoms with Gasteiger partial charge >= 0.3 is 6.03 Å². The third-order valence-corrected chi connectivity index (χ3v) is 3.27. The smallest absolute Gasteiger partial charge is 0.349 e. The molecule has 0 rings (SSSR count). The summed E-state index contributed by atoms with van der Waals surface area (Å²) in [6.07, 6.45) is -0.386. The normalized spacial score (nSPS) is 13.6. The van der Waals surface area contributed by atoms with Crippen molar-refractivity contribution in [3.63, 3.8) is 0 Å². The summed E-state index contributed by atoms with van der Waals surface area (Å²) in [6.45, 7) is 7.61. The zero-order valence-corrected chi connectivity index (χ0v) is 14.5. The van der Waals surface area contributed by atoms with Gasteiger partial charge in [-0.15, -0.1) is 5.06 Å². The first-order chi connectivity index (χ1) is 10.6. The van der Waals surface area contributed by atoms with Crippen molar-refractivity contribution in [2.45, 2.75) is 59.1 Å². The first-order valence-electron chi connectivity index (χ1n) is 7.83. The van der Waals surface area contributed by atoms with Crippen molar-refractivity contribution in [3.05, 3.63) is 0 Å². The van der Waals surface area contributed by atoms with Crippen LogP contribution < -0.4 is 10.6 Å². The van der Waals surface area contributed by atoms with Crippen LogP contribution in [0.15, 0.2) is 0 Å². The number of carbonyl (C=O) groups excluding carboxylic acids is 3. The Labute approximate surface area is 137 Å². The number of urea groups is 1. The highest BCUT2D eigenvalue weighted by atomic mass is 16.5. The molecule has 0 radical (unpaired) electrons. The number of nitrogens with zero attached hydrogens (tertiary/aromatic N) is 1. The van der Waals surface area contributed by atoms with Gasteiger partial charge < -0.3 is 15.7 Å². The highest BCUT2D eigenvalue weighted by Gasteiger charge is 2.29. The number of amides is 4. The van der Waals surface area contributed by atoms with Gasteiger partial charge in [0, 0.05) is 7.05 Å². The van der Waals surface area contributed by atoms with E-state index in [1.165, 1.54) is 7.05 Å². The van der Waals surface area contributed by atoms with Gasteiger partial charge in [-0.2, -0.15) is 0 Å². The molecule has 0 aromatic rings. The molecule has 0 aromatic carbocycles. The molecule has 0 bridgehead atoms. The molecule has 2 atom stereocenters. The van der Waals surface area contributed by atoms with Crippen molar-refractivity contribution in [1.29, 1.82) is 0 Å². The Kier molecular flexibility index (Phi) is 9.43. The van der Waals surface area contributed by atoms with Crippen LogP contribution in [0.3, 0.4) is 0 Å². The topological polar surface area (TPSA) is 119 Å². The van der Waals surface area contributed by atoms with Gasteiger partial charge in [0.1, 0.15) is 12.1 Å². The molecule has 8 nitrogen and oxygen atoms in total. The highest BCUT2D eigenvalue weighted by Crippen LogP contribution is 2.09. The molecule has 134 valence electrons. The molecule has 0 aliphatic heterocycles. The van der Waals surface area contributed by atoms with E-state index in [9.17, 15) is 24.7 Å². The van der Waals surface area contributed by atoms with Crippen molar-refractivity contribution in [2.75, 3.05) is 7.05 Å². The van der Waals surface area contributed by atoms with Crippen LogP contribution in [0.1, 0.15) is 47.0 Å². The summed E-state index contributed by atoms with van der Waals surface area (Å²) in [5.41, 5.74) is 0. The Morgan fingerprint density at radius 3 is 2.04 bits per heavy atom. The summed E-state index contributed by atoms with van der Waals surface area (Å²) in [5, 5.41) is 23.9. The molecule has 0 fully saturated rings. The van der Waals surface area contributed by atoms with Gasteiger partial charge in [0.2, 0.25) is 5.91 Å². The number of rotatable bonds is 8. The molecule has 0 aliphatic carbocycles. The third-order valence-electron chi connectivity index (χ3n) is 3.27. The fraction of sp³-hybridized carbons (Fsp3) is 0.800. The summed E-state index contributed by atoms with van der Waals surface area (Å²) >= 11 is 0. The number of carbonyl (C=O) groups is 3. The summed E-state index contributed by atoms with van der Waals surface area (Å²) in [6, 6.07) is -2.00. The van der Waals surface area contributed by atoms with E-state index in [1.807, 2.05) is 27.7 Å². The maximum absolute atomic E-state index is 11.9. The van der Waals surface area contributed by atoms with E-state index in [1.54, 1.807) is 0 Å². The standard InChI is InChI=1S/C15H29N3O5/c1-9(2)6-7-12(19)14(21)18(23)15(22)17-11(8-10(3)4)13(20)16-5/h9-12,19,23H,6-8H2,1-5H3,(H,16,20)(H,17,22)/t11-,12-/m0/s1. The van der Waals surface area contributed by atoms with Crippen molar-refractivity contribution < 1.29 is 24.7 Å². The Balaban J connectivity index is 4.72. The minimum absolute atomic E-state index is 0.122. The lowest BCUT2D eigenvalue weighted by atomic mass is 10.0. The maximum Gasteiger partial charge on any atom is 0.349 e. The van der Waals surface area contributed by atoms with E-state index < -0.39 is 30.0 Å². The van der Waals surface area contributed by atoms with Gasteiger partial charge in [0.05, 0.1) is 0 Å². The molecule has 0 aliphatic rings. The monoisotopic (exact) mass is 331 g/mol. The van der Waals surface area contributed by atoms with E-state index in [0.717, 1.165) is 0 Å². The minimum Gasteiger partial charge on any atom is -0.383 e. The molecule has 8 heteroatoms. The van der Waals surface area contributed by atoms with Gasteiger partial charge in [-0.25, -0.2) is 4.79 Å². The van der Waals surface area contributed by atoms with Crippen LogP contribution >= 0.6 is 0 Å². The van der Waals surface area contributed by atoms with Crippen molar-refractivity contribution in [2.24, 2.45) is 11.8 Å². The molecule has 0 spiro atoms. The van der Waals surface area contributed by atoms with Gasteiger partial charge in [-0.1, -0.05) is 27.7 Å². The molecule has 0 aromatic heterocycles. The lowest BCUT2D eigenvalue weighted by molar-refractivity contribution is -0.162. The zero-order chi connectivity index (χ0) is 18.2. The summed E-state index contributed by atoms with van der Waals surface area (Å²) in [4.78, 5) is 35.4. The van der Waals surface area contributed by atoms with Gasteiger partial charge in [-0.05, 0) is 31.1 Å². The predicted octanol–water partition coefficient (Wildman–Crippen LogP) is 0.872. The molecule has 23 heavy (non-hydrogen) atoms. The highest BCUT2D eigenvalue weighted by molar-refractivity contribution is 5.96. The Bertz CT molecular complexity index is 412. The number of aliphatic hydroxyl groups excluding tert-OH is 1. The lowest BCUT2D eigenvalue weighted by Gasteiger charge is -2.23. The van der Waals surface area contributed by atoms with Crippen molar-refractivity contribution in [3.8, 4) is 0 Å². The van der Waals surface area contributed by atoms with E-state index in [-0.39, 0.29) is 23.3 Å². The number of hydrogen-bond acceptors (Lipinski definition) is 5. The van der Waals surface area contributed by atoms with E-state index >= 15 is 0 Å². The van der Waals surface area contributed by atoms with Crippen LogP contribution in [0.2, 0.25) is 0 Å². The molecular formula is C15H29N3O5. The maximum atomic E-state index is 11.9. The second kappa shape index (κ2) is 10.2. The zero-order valence-electron chi connectivity index (χ0n) is 14.5.